The van der Waals surface area contributed by atoms with Gasteiger partial charge in [0.2, 0.25) is 0 Å². The van der Waals surface area contributed by atoms with Crippen LogP contribution in [-0.2, 0) is 14.3 Å². The summed E-state index contributed by atoms with van der Waals surface area (Å²) in [5.41, 5.74) is 0. The minimum Gasteiger partial charge on any atom is -0.480 e. The van der Waals surface area contributed by atoms with E-state index in [9.17, 15) is 14.7 Å². The first-order valence-electron chi connectivity index (χ1n) is 4.71. The molecular weight excluding hydrogens is 202 g/mol. The molecule has 0 aromatic carbocycles. The third-order valence-corrected chi connectivity index (χ3v) is 2.55. The number of aliphatic hydroxyl groups excluding tert-OH is 1. The topological polar surface area (TPSA) is 87.1 Å². The lowest BCUT2D eigenvalue weighted by atomic mass is 10.2. The maximum Gasteiger partial charge on any atom is 0.326 e. The van der Waals surface area contributed by atoms with Gasteiger partial charge in [0.15, 0.2) is 0 Å². The Morgan fingerprint density at radius 1 is 1.53 bits per heavy atom. The highest BCUT2D eigenvalue weighted by Crippen LogP contribution is 2.19. The van der Waals surface area contributed by atoms with Gasteiger partial charge in [-0.25, -0.2) is 4.79 Å². The van der Waals surface area contributed by atoms with Crippen molar-refractivity contribution in [3.8, 4) is 0 Å². The van der Waals surface area contributed by atoms with Gasteiger partial charge in [-0.2, -0.15) is 0 Å². The number of hydrogen-bond acceptors (Lipinski definition) is 4. The Morgan fingerprint density at radius 2 is 2.13 bits per heavy atom. The molecule has 6 nitrogen and oxygen atoms in total. The molecule has 1 fully saturated rings. The van der Waals surface area contributed by atoms with Crippen LogP contribution in [0.25, 0.3) is 0 Å². The molecule has 1 aliphatic heterocycles. The Balaban J connectivity index is 2.75. The van der Waals surface area contributed by atoms with Gasteiger partial charge in [0, 0.05) is 20.1 Å². The van der Waals surface area contributed by atoms with E-state index in [4.69, 9.17) is 9.84 Å². The fraction of sp³-hybridized carbons (Fsp3) is 0.778. The van der Waals surface area contributed by atoms with Crippen molar-refractivity contribution in [2.24, 2.45) is 0 Å². The Kier molecular flexibility index (Phi) is 3.65. The average molecular weight is 217 g/mol. The lowest BCUT2D eigenvalue weighted by Crippen LogP contribution is -2.45. The molecule has 1 saturated heterocycles. The van der Waals surface area contributed by atoms with Crippen molar-refractivity contribution in [1.29, 1.82) is 0 Å². The summed E-state index contributed by atoms with van der Waals surface area (Å²) in [6, 6.07) is -0.940. The Labute approximate surface area is 87.4 Å². The average Bonchev–Trinajstić information content (AvgIpc) is 2.58. The zero-order valence-electron chi connectivity index (χ0n) is 8.71. The molecule has 3 atom stereocenters. The van der Waals surface area contributed by atoms with Crippen molar-refractivity contribution < 1.29 is 24.5 Å². The summed E-state index contributed by atoms with van der Waals surface area (Å²) in [4.78, 5) is 23.6. The smallest absolute Gasteiger partial charge is 0.326 e. The van der Waals surface area contributed by atoms with Crippen molar-refractivity contribution in [2.75, 3.05) is 13.7 Å². The molecule has 0 spiro atoms. The first kappa shape index (κ1) is 11.9. The van der Waals surface area contributed by atoms with Crippen LogP contribution in [0.4, 0.5) is 0 Å². The molecule has 15 heavy (non-hydrogen) atoms. The third-order valence-electron chi connectivity index (χ3n) is 2.55. The summed E-state index contributed by atoms with van der Waals surface area (Å²) in [6.45, 7) is 1.61. The number of amides is 1. The molecule has 6 heteroatoms. The first-order chi connectivity index (χ1) is 6.97. The predicted molar refractivity (Wildman–Crippen MR) is 50.2 cm³/mol. The third kappa shape index (κ3) is 2.45. The first-order valence-corrected chi connectivity index (χ1v) is 4.71. The van der Waals surface area contributed by atoms with Gasteiger partial charge in [0.05, 0.1) is 6.10 Å². The number of β-amino-alcohol motifs (C(OH)–C–C–N with tert-alkyl or cyclic N) is 1. The number of carbonyl (C=O) groups excluding carboxylic acids is 1. The molecule has 1 heterocycles. The summed E-state index contributed by atoms with van der Waals surface area (Å²) in [5, 5.41) is 18.2. The molecule has 1 amide bonds. The van der Waals surface area contributed by atoms with Crippen LogP contribution in [0.1, 0.15) is 13.3 Å². The number of likely N-dealkylation sites (tertiary alicyclic amines) is 1. The number of nitrogens with zero attached hydrogens (tertiary/aromatic N) is 1. The number of carbonyl (C=O) groups is 2. The van der Waals surface area contributed by atoms with Crippen LogP contribution in [0.5, 0.6) is 0 Å². The minimum atomic E-state index is -1.09. The van der Waals surface area contributed by atoms with Crippen LogP contribution in [0.15, 0.2) is 0 Å². The largest absolute Gasteiger partial charge is 0.480 e. The highest BCUT2D eigenvalue weighted by Gasteiger charge is 2.40. The van der Waals surface area contributed by atoms with Crippen molar-refractivity contribution in [1.82, 2.24) is 4.90 Å². The maximum atomic E-state index is 11.7. The Morgan fingerprint density at radius 3 is 2.60 bits per heavy atom. The maximum absolute atomic E-state index is 11.7. The van der Waals surface area contributed by atoms with Crippen LogP contribution >= 0.6 is 0 Å². The molecular formula is C9H15NO5. The van der Waals surface area contributed by atoms with Gasteiger partial charge in [-0.15, -0.1) is 0 Å². The summed E-state index contributed by atoms with van der Waals surface area (Å²) in [7, 11) is 1.38. The molecule has 1 rings (SSSR count). The van der Waals surface area contributed by atoms with Gasteiger partial charge >= 0.3 is 5.97 Å². The number of aliphatic hydroxyl groups is 1. The number of aliphatic carboxylic acids is 1. The second-order valence-corrected chi connectivity index (χ2v) is 3.61. The molecule has 0 saturated carbocycles. The number of methoxy groups -OCH3 is 1. The highest BCUT2D eigenvalue weighted by molar-refractivity contribution is 5.86. The molecule has 0 aliphatic carbocycles. The van der Waals surface area contributed by atoms with E-state index >= 15 is 0 Å². The molecule has 86 valence electrons. The second kappa shape index (κ2) is 4.59. The van der Waals surface area contributed by atoms with Gasteiger partial charge in [-0.05, 0) is 6.92 Å². The Hall–Kier alpha value is -1.14. The van der Waals surface area contributed by atoms with Gasteiger partial charge in [0.1, 0.15) is 12.1 Å². The van der Waals surface area contributed by atoms with E-state index < -0.39 is 30.1 Å². The van der Waals surface area contributed by atoms with E-state index in [2.05, 4.69) is 0 Å². The number of hydrogen-bond donors (Lipinski definition) is 2. The van der Waals surface area contributed by atoms with Crippen molar-refractivity contribution >= 4 is 11.9 Å². The molecule has 0 bridgehead atoms. The summed E-state index contributed by atoms with van der Waals surface area (Å²) >= 11 is 0. The summed E-state index contributed by atoms with van der Waals surface area (Å²) in [5.74, 6) is -1.50. The van der Waals surface area contributed by atoms with Gasteiger partial charge in [-0.3, -0.25) is 4.79 Å². The molecule has 1 aliphatic rings. The van der Waals surface area contributed by atoms with E-state index in [1.54, 1.807) is 6.92 Å². The predicted octanol–water partition coefficient (Wildman–Crippen LogP) is -0.932. The fourth-order valence-corrected chi connectivity index (χ4v) is 1.63. The van der Waals surface area contributed by atoms with Crippen LogP contribution in [0.2, 0.25) is 0 Å². The molecule has 2 N–H and O–H groups in total. The zero-order valence-corrected chi connectivity index (χ0v) is 8.71. The summed E-state index contributed by atoms with van der Waals surface area (Å²) < 4.78 is 4.82. The highest BCUT2D eigenvalue weighted by atomic mass is 16.5. The number of carboxylic acid groups (broad SMARTS) is 1. The molecule has 0 aromatic rings. The number of ether oxygens (including phenoxy) is 1. The minimum absolute atomic E-state index is 0.0590. The van der Waals surface area contributed by atoms with Crippen molar-refractivity contribution in [2.45, 2.75) is 31.6 Å². The van der Waals surface area contributed by atoms with E-state index in [0.29, 0.717) is 0 Å². The van der Waals surface area contributed by atoms with Gasteiger partial charge < -0.3 is 19.8 Å². The molecule has 0 radical (unpaired) electrons. The van der Waals surface area contributed by atoms with Gasteiger partial charge in [0.25, 0.3) is 5.91 Å². The van der Waals surface area contributed by atoms with E-state index in [1.165, 1.54) is 7.11 Å². The zero-order chi connectivity index (χ0) is 11.6. The SMILES string of the molecule is COC(C)C(=O)N1C[C@H](O)C[C@@H]1C(=O)O. The lowest BCUT2D eigenvalue weighted by molar-refractivity contribution is -0.152. The van der Waals surface area contributed by atoms with Gasteiger partial charge in [-0.1, -0.05) is 0 Å². The lowest BCUT2D eigenvalue weighted by Gasteiger charge is -2.23. The van der Waals surface area contributed by atoms with E-state index in [-0.39, 0.29) is 13.0 Å². The van der Waals surface area contributed by atoms with Crippen LogP contribution in [0, 0.1) is 0 Å². The standard InChI is InChI=1S/C9H15NO5/c1-5(15-2)8(12)10-4-6(11)3-7(10)9(13)14/h5-7,11H,3-4H2,1-2H3,(H,13,14)/t5?,6-,7-/m1/s1. The molecule has 1 unspecified atom stereocenters. The Bertz CT molecular complexity index is 267. The number of rotatable bonds is 3. The van der Waals surface area contributed by atoms with Crippen LogP contribution < -0.4 is 0 Å². The fourth-order valence-electron chi connectivity index (χ4n) is 1.63. The van der Waals surface area contributed by atoms with Crippen molar-refractivity contribution in [3.63, 3.8) is 0 Å². The second-order valence-electron chi connectivity index (χ2n) is 3.61. The molecule has 0 aromatic heterocycles. The summed E-state index contributed by atoms with van der Waals surface area (Å²) in [6.07, 6.45) is -1.37. The monoisotopic (exact) mass is 217 g/mol. The van der Waals surface area contributed by atoms with E-state index in [0.717, 1.165) is 4.90 Å². The van der Waals surface area contributed by atoms with Crippen LogP contribution in [0.3, 0.4) is 0 Å². The normalized spacial score (nSPS) is 27.8. The number of carboxylic acids is 1. The van der Waals surface area contributed by atoms with Crippen molar-refractivity contribution in [3.05, 3.63) is 0 Å². The quantitative estimate of drug-likeness (QED) is 0.637. The van der Waals surface area contributed by atoms with Crippen LogP contribution in [-0.4, -0.2) is 58.9 Å². The van der Waals surface area contributed by atoms with E-state index in [1.807, 2.05) is 0 Å².